The Hall–Kier alpha value is -1.94. The van der Waals surface area contributed by atoms with Gasteiger partial charge in [0.15, 0.2) is 0 Å². The van der Waals surface area contributed by atoms with Gasteiger partial charge >= 0.3 is 5.97 Å². The molecular weight excluding hydrogens is 228 g/mol. The van der Waals surface area contributed by atoms with Gasteiger partial charge in [-0.05, 0) is 17.7 Å². The lowest BCUT2D eigenvalue weighted by Gasteiger charge is -2.00. The van der Waals surface area contributed by atoms with E-state index in [2.05, 4.69) is 9.97 Å². The predicted molar refractivity (Wildman–Crippen MR) is 59.4 cm³/mol. The second-order valence-electron chi connectivity index (χ2n) is 3.11. The van der Waals surface area contributed by atoms with E-state index in [4.69, 9.17) is 16.7 Å². The Morgan fingerprint density at radius 2 is 1.62 bits per heavy atom. The molecule has 0 spiro atoms. The standard InChI is InChI=1S/C11H7ClN2O2/c12-9-3-1-7(2-4-9)8-5-13-10(11(15)16)14-6-8/h1-6H,(H,15,16). The number of carboxylic acid groups (broad SMARTS) is 1. The third kappa shape index (κ3) is 2.17. The van der Waals surface area contributed by atoms with E-state index in [1.54, 1.807) is 12.1 Å². The molecule has 1 N–H and O–H groups in total. The Bertz CT molecular complexity index is 509. The minimum Gasteiger partial charge on any atom is -0.475 e. The molecule has 0 saturated heterocycles. The van der Waals surface area contributed by atoms with E-state index in [0.717, 1.165) is 11.1 Å². The summed E-state index contributed by atoms with van der Waals surface area (Å²) < 4.78 is 0. The molecule has 0 atom stereocenters. The van der Waals surface area contributed by atoms with Crippen molar-refractivity contribution in [2.75, 3.05) is 0 Å². The molecule has 2 aromatic rings. The maximum absolute atomic E-state index is 10.6. The summed E-state index contributed by atoms with van der Waals surface area (Å²) in [7, 11) is 0. The van der Waals surface area contributed by atoms with Crippen molar-refractivity contribution >= 4 is 17.6 Å². The van der Waals surface area contributed by atoms with Crippen molar-refractivity contribution in [2.45, 2.75) is 0 Å². The van der Waals surface area contributed by atoms with Gasteiger partial charge in [-0.25, -0.2) is 14.8 Å². The molecule has 1 aromatic carbocycles. The lowest BCUT2D eigenvalue weighted by Crippen LogP contribution is -2.02. The van der Waals surface area contributed by atoms with Crippen LogP contribution >= 0.6 is 11.6 Å². The molecule has 2 rings (SSSR count). The quantitative estimate of drug-likeness (QED) is 0.867. The summed E-state index contributed by atoms with van der Waals surface area (Å²) in [4.78, 5) is 18.0. The molecule has 16 heavy (non-hydrogen) atoms. The fraction of sp³-hybridized carbons (Fsp3) is 0. The van der Waals surface area contributed by atoms with Crippen LogP contribution in [0, 0.1) is 0 Å². The Kier molecular flexibility index (Phi) is 2.83. The van der Waals surface area contributed by atoms with Crippen LogP contribution in [0.4, 0.5) is 0 Å². The molecule has 0 aliphatic rings. The van der Waals surface area contributed by atoms with Crippen molar-refractivity contribution in [3.8, 4) is 11.1 Å². The highest BCUT2D eigenvalue weighted by atomic mass is 35.5. The van der Waals surface area contributed by atoms with Crippen LogP contribution in [0.1, 0.15) is 10.6 Å². The molecule has 80 valence electrons. The maximum atomic E-state index is 10.6. The van der Waals surface area contributed by atoms with Gasteiger partial charge in [0.05, 0.1) is 0 Å². The molecule has 0 unspecified atom stereocenters. The number of aromatic carboxylic acids is 1. The van der Waals surface area contributed by atoms with Crippen molar-refractivity contribution in [3.05, 3.63) is 47.5 Å². The molecule has 0 aliphatic carbocycles. The molecule has 0 amide bonds. The summed E-state index contributed by atoms with van der Waals surface area (Å²) in [6.45, 7) is 0. The lowest BCUT2D eigenvalue weighted by molar-refractivity contribution is 0.0683. The molecule has 0 saturated carbocycles. The molecule has 1 heterocycles. The van der Waals surface area contributed by atoms with Gasteiger partial charge in [0.2, 0.25) is 5.82 Å². The summed E-state index contributed by atoms with van der Waals surface area (Å²) in [5.74, 6) is -1.35. The number of benzene rings is 1. The van der Waals surface area contributed by atoms with Crippen LogP contribution in [0.25, 0.3) is 11.1 Å². The minimum atomic E-state index is -1.14. The average Bonchev–Trinajstić information content (AvgIpc) is 2.30. The highest BCUT2D eigenvalue weighted by Crippen LogP contribution is 2.19. The summed E-state index contributed by atoms with van der Waals surface area (Å²) in [6, 6.07) is 7.15. The van der Waals surface area contributed by atoms with Gasteiger partial charge in [-0.15, -0.1) is 0 Å². The molecule has 1 aromatic heterocycles. The van der Waals surface area contributed by atoms with Crippen LogP contribution in [0.5, 0.6) is 0 Å². The zero-order chi connectivity index (χ0) is 11.5. The van der Waals surface area contributed by atoms with Gasteiger partial charge < -0.3 is 5.11 Å². The molecule has 0 aliphatic heterocycles. The first kappa shape index (κ1) is 10.6. The van der Waals surface area contributed by atoms with E-state index >= 15 is 0 Å². The highest BCUT2D eigenvalue weighted by Gasteiger charge is 2.06. The topological polar surface area (TPSA) is 63.1 Å². The van der Waals surface area contributed by atoms with Crippen LogP contribution in [-0.2, 0) is 0 Å². The summed E-state index contributed by atoms with van der Waals surface area (Å²) >= 11 is 5.76. The Balaban J connectivity index is 2.34. The molecule has 0 bridgehead atoms. The highest BCUT2D eigenvalue weighted by molar-refractivity contribution is 6.30. The SMILES string of the molecule is O=C(O)c1ncc(-c2ccc(Cl)cc2)cn1. The molecule has 0 radical (unpaired) electrons. The van der Waals surface area contributed by atoms with E-state index in [-0.39, 0.29) is 5.82 Å². The normalized spacial score (nSPS) is 10.1. The minimum absolute atomic E-state index is 0.210. The van der Waals surface area contributed by atoms with Gasteiger partial charge in [-0.2, -0.15) is 0 Å². The average molecular weight is 235 g/mol. The van der Waals surface area contributed by atoms with E-state index < -0.39 is 5.97 Å². The number of hydrogen-bond donors (Lipinski definition) is 1. The van der Waals surface area contributed by atoms with Gasteiger partial charge in [-0.1, -0.05) is 23.7 Å². The van der Waals surface area contributed by atoms with E-state index in [1.807, 2.05) is 12.1 Å². The molecule has 5 heteroatoms. The van der Waals surface area contributed by atoms with Crippen molar-refractivity contribution < 1.29 is 9.90 Å². The number of aromatic nitrogens is 2. The molecule has 4 nitrogen and oxygen atoms in total. The third-order valence-electron chi connectivity index (χ3n) is 2.02. The van der Waals surface area contributed by atoms with Crippen molar-refractivity contribution in [2.24, 2.45) is 0 Å². The maximum Gasteiger partial charge on any atom is 0.373 e. The van der Waals surface area contributed by atoms with Crippen LogP contribution in [0.2, 0.25) is 5.02 Å². The van der Waals surface area contributed by atoms with Crippen LogP contribution in [-0.4, -0.2) is 21.0 Å². The number of hydrogen-bond acceptors (Lipinski definition) is 3. The Morgan fingerprint density at radius 1 is 1.06 bits per heavy atom. The second-order valence-corrected chi connectivity index (χ2v) is 3.54. The number of nitrogens with zero attached hydrogens (tertiary/aromatic N) is 2. The zero-order valence-electron chi connectivity index (χ0n) is 8.09. The van der Waals surface area contributed by atoms with Gasteiger partial charge in [0.1, 0.15) is 0 Å². The van der Waals surface area contributed by atoms with E-state index in [9.17, 15) is 4.79 Å². The summed E-state index contributed by atoms with van der Waals surface area (Å²) in [5, 5.41) is 9.29. The van der Waals surface area contributed by atoms with E-state index in [1.165, 1.54) is 12.4 Å². The first-order chi connectivity index (χ1) is 7.66. The third-order valence-corrected chi connectivity index (χ3v) is 2.27. The van der Waals surface area contributed by atoms with Crippen LogP contribution < -0.4 is 0 Å². The van der Waals surface area contributed by atoms with Crippen LogP contribution in [0.15, 0.2) is 36.7 Å². The van der Waals surface area contributed by atoms with Gasteiger partial charge in [0, 0.05) is 23.0 Å². The fourth-order valence-corrected chi connectivity index (χ4v) is 1.36. The zero-order valence-corrected chi connectivity index (χ0v) is 8.85. The number of carbonyl (C=O) groups is 1. The first-order valence-corrected chi connectivity index (χ1v) is 4.86. The Morgan fingerprint density at radius 3 is 2.12 bits per heavy atom. The lowest BCUT2D eigenvalue weighted by atomic mass is 10.1. The number of rotatable bonds is 2. The Labute approximate surface area is 96.6 Å². The van der Waals surface area contributed by atoms with Gasteiger partial charge in [0.25, 0.3) is 0 Å². The number of carboxylic acids is 1. The van der Waals surface area contributed by atoms with Crippen LogP contribution in [0.3, 0.4) is 0 Å². The largest absolute Gasteiger partial charge is 0.475 e. The smallest absolute Gasteiger partial charge is 0.373 e. The van der Waals surface area contributed by atoms with Crippen molar-refractivity contribution in [1.82, 2.24) is 9.97 Å². The summed E-state index contributed by atoms with van der Waals surface area (Å²) in [5.41, 5.74) is 1.64. The molecule has 0 fully saturated rings. The van der Waals surface area contributed by atoms with Crippen molar-refractivity contribution in [3.63, 3.8) is 0 Å². The second kappa shape index (κ2) is 4.28. The predicted octanol–water partition coefficient (Wildman–Crippen LogP) is 2.50. The number of halogens is 1. The monoisotopic (exact) mass is 234 g/mol. The van der Waals surface area contributed by atoms with Gasteiger partial charge in [-0.3, -0.25) is 0 Å². The fourth-order valence-electron chi connectivity index (χ4n) is 1.23. The first-order valence-electron chi connectivity index (χ1n) is 4.48. The van der Waals surface area contributed by atoms with E-state index in [0.29, 0.717) is 5.02 Å². The molecular formula is C11H7ClN2O2. The van der Waals surface area contributed by atoms with Crippen molar-refractivity contribution in [1.29, 1.82) is 0 Å². The summed E-state index contributed by atoms with van der Waals surface area (Å²) in [6.07, 6.45) is 2.94.